The number of rotatable bonds is 2. The Labute approximate surface area is 103 Å². The van der Waals surface area contributed by atoms with Crippen LogP contribution in [-0.2, 0) is 14.3 Å². The van der Waals surface area contributed by atoms with Crippen LogP contribution in [0.1, 0.15) is 34.6 Å². The van der Waals surface area contributed by atoms with Gasteiger partial charge in [0.2, 0.25) is 0 Å². The van der Waals surface area contributed by atoms with Gasteiger partial charge in [-0.05, 0) is 18.8 Å². The second kappa shape index (κ2) is 3.25. The van der Waals surface area contributed by atoms with E-state index in [0.29, 0.717) is 23.7 Å². The molecule has 3 aliphatic heterocycles. The number of hydrogen-bond acceptors (Lipinski definition) is 3. The molecule has 2 bridgehead atoms. The molecule has 0 spiro atoms. The van der Waals surface area contributed by atoms with Crippen molar-refractivity contribution in [3.8, 4) is 0 Å². The molecule has 0 aromatic carbocycles. The van der Waals surface area contributed by atoms with E-state index < -0.39 is 0 Å². The lowest BCUT2D eigenvalue weighted by Crippen LogP contribution is -2.49. The number of carbonyl (C=O) groups is 1. The van der Waals surface area contributed by atoms with Crippen molar-refractivity contribution in [3.63, 3.8) is 0 Å². The van der Waals surface area contributed by atoms with Crippen LogP contribution in [-0.4, -0.2) is 23.8 Å². The van der Waals surface area contributed by atoms with Crippen LogP contribution >= 0.6 is 0 Å². The third-order valence-electron chi connectivity index (χ3n) is 5.09. The highest BCUT2D eigenvalue weighted by Gasteiger charge is 2.74. The highest BCUT2D eigenvalue weighted by molar-refractivity contribution is 5.78. The maximum atomic E-state index is 12.0. The smallest absolute Gasteiger partial charge is 0.312 e. The van der Waals surface area contributed by atoms with Crippen molar-refractivity contribution in [2.75, 3.05) is 0 Å². The minimum atomic E-state index is -0.172. The van der Waals surface area contributed by atoms with Crippen LogP contribution in [0.5, 0.6) is 0 Å². The van der Waals surface area contributed by atoms with Crippen LogP contribution in [0, 0.1) is 29.6 Å². The van der Waals surface area contributed by atoms with Crippen LogP contribution in [0.4, 0.5) is 0 Å². The maximum absolute atomic E-state index is 12.0. The normalized spacial score (nSPS) is 51.7. The third-order valence-corrected chi connectivity index (χ3v) is 5.09. The highest BCUT2D eigenvalue weighted by Crippen LogP contribution is 2.62. The molecule has 3 heterocycles. The Morgan fingerprint density at radius 2 is 1.65 bits per heavy atom. The highest BCUT2D eigenvalue weighted by atomic mass is 16.6. The van der Waals surface area contributed by atoms with Gasteiger partial charge in [-0.3, -0.25) is 4.79 Å². The van der Waals surface area contributed by atoms with Gasteiger partial charge < -0.3 is 9.47 Å². The van der Waals surface area contributed by atoms with Crippen LogP contribution in [0.3, 0.4) is 0 Å². The molecular formula is C14H22O3. The minimum absolute atomic E-state index is 0.00694. The van der Waals surface area contributed by atoms with Gasteiger partial charge in [0.25, 0.3) is 0 Å². The number of carbonyl (C=O) groups excluding carboxylic acids is 1. The average Bonchev–Trinajstić information content (AvgIpc) is 2.69. The summed E-state index contributed by atoms with van der Waals surface area (Å²) in [6.45, 7) is 11.0. The molecule has 0 amide bonds. The van der Waals surface area contributed by atoms with E-state index in [-0.39, 0.29) is 29.7 Å². The minimum Gasteiger partial charge on any atom is -0.459 e. The van der Waals surface area contributed by atoms with Crippen LogP contribution in [0.2, 0.25) is 0 Å². The monoisotopic (exact) mass is 238 g/mol. The van der Waals surface area contributed by atoms with Crippen molar-refractivity contribution in [1.29, 1.82) is 0 Å². The fraction of sp³-hybridized carbons (Fsp3) is 0.929. The van der Waals surface area contributed by atoms with Crippen molar-refractivity contribution < 1.29 is 14.3 Å². The van der Waals surface area contributed by atoms with Gasteiger partial charge in [0, 0.05) is 11.8 Å². The van der Waals surface area contributed by atoms with Gasteiger partial charge in [-0.1, -0.05) is 27.7 Å². The predicted molar refractivity (Wildman–Crippen MR) is 63.3 cm³/mol. The van der Waals surface area contributed by atoms with E-state index in [1.54, 1.807) is 0 Å². The predicted octanol–water partition coefficient (Wildman–Crippen LogP) is 2.24. The van der Waals surface area contributed by atoms with E-state index in [4.69, 9.17) is 9.47 Å². The summed E-state index contributed by atoms with van der Waals surface area (Å²) in [5.74, 6) is 1.57. The number of hydrogen-bond donors (Lipinski definition) is 0. The quantitative estimate of drug-likeness (QED) is 0.692. The zero-order valence-electron chi connectivity index (χ0n) is 11.3. The first kappa shape index (κ1) is 11.5. The summed E-state index contributed by atoms with van der Waals surface area (Å²) in [5, 5.41) is 0. The summed E-state index contributed by atoms with van der Waals surface area (Å²) in [5.41, 5.74) is -0.172. The Balaban J connectivity index is 2.07. The Morgan fingerprint density at radius 1 is 1.06 bits per heavy atom. The molecule has 3 fully saturated rings. The summed E-state index contributed by atoms with van der Waals surface area (Å²) in [7, 11) is 0. The molecule has 96 valence electrons. The summed E-state index contributed by atoms with van der Waals surface area (Å²) >= 11 is 0. The number of esters is 1. The van der Waals surface area contributed by atoms with E-state index in [1.165, 1.54) is 0 Å². The Hall–Kier alpha value is -0.570. The van der Waals surface area contributed by atoms with Crippen LogP contribution in [0.25, 0.3) is 0 Å². The summed E-state index contributed by atoms with van der Waals surface area (Å²) in [4.78, 5) is 12.0. The summed E-state index contributed by atoms with van der Waals surface area (Å²) < 4.78 is 11.8. The van der Waals surface area contributed by atoms with Gasteiger partial charge in [-0.2, -0.15) is 0 Å². The number of fused-ring (bicyclic) bond motifs is 1. The van der Waals surface area contributed by atoms with Crippen molar-refractivity contribution in [2.24, 2.45) is 29.6 Å². The lowest BCUT2D eigenvalue weighted by molar-refractivity contribution is -0.145. The van der Waals surface area contributed by atoms with Gasteiger partial charge in [0.1, 0.15) is 12.2 Å². The lowest BCUT2D eigenvalue weighted by atomic mass is 9.60. The largest absolute Gasteiger partial charge is 0.459 e. The van der Waals surface area contributed by atoms with E-state index in [2.05, 4.69) is 34.6 Å². The molecule has 3 aliphatic rings. The first-order valence-electron chi connectivity index (χ1n) is 6.76. The molecule has 0 radical (unpaired) electrons. The topological polar surface area (TPSA) is 35.5 Å². The lowest BCUT2D eigenvalue weighted by Gasteiger charge is -2.41. The van der Waals surface area contributed by atoms with Gasteiger partial charge in [0.05, 0.1) is 11.5 Å². The van der Waals surface area contributed by atoms with Crippen LogP contribution < -0.4 is 0 Å². The molecular weight excluding hydrogens is 216 g/mol. The summed E-state index contributed by atoms with van der Waals surface area (Å²) in [6.07, 6.45) is 0.0276. The zero-order valence-corrected chi connectivity index (χ0v) is 11.3. The van der Waals surface area contributed by atoms with Crippen LogP contribution in [0.15, 0.2) is 0 Å². The Bertz CT molecular complexity index is 362. The standard InChI is InChI=1S/C14H22O3/c1-6(2)9-8-11-12(16-13(8)15)10(7(3)4)14(9,5)17-11/h6-12H,1-5H3. The molecule has 6 unspecified atom stereocenters. The molecule has 3 saturated heterocycles. The first-order valence-corrected chi connectivity index (χ1v) is 6.76. The van der Waals surface area contributed by atoms with E-state index in [1.807, 2.05) is 0 Å². The molecule has 3 heteroatoms. The first-order chi connectivity index (χ1) is 7.88. The molecule has 3 rings (SSSR count). The van der Waals surface area contributed by atoms with Gasteiger partial charge >= 0.3 is 5.97 Å². The Morgan fingerprint density at radius 3 is 2.18 bits per heavy atom. The molecule has 6 atom stereocenters. The second-order valence-corrected chi connectivity index (χ2v) is 6.73. The molecule has 0 aromatic heterocycles. The molecule has 3 nitrogen and oxygen atoms in total. The van der Waals surface area contributed by atoms with E-state index >= 15 is 0 Å². The summed E-state index contributed by atoms with van der Waals surface area (Å²) in [6, 6.07) is 0. The van der Waals surface area contributed by atoms with Gasteiger partial charge in [-0.25, -0.2) is 0 Å². The van der Waals surface area contributed by atoms with E-state index in [9.17, 15) is 4.79 Å². The maximum Gasteiger partial charge on any atom is 0.312 e. The van der Waals surface area contributed by atoms with Crippen molar-refractivity contribution in [2.45, 2.75) is 52.4 Å². The number of ether oxygens (including phenoxy) is 2. The SMILES string of the molecule is CC(C)C1C2OC(=O)C3C2OC1(C)C3C(C)C. The molecule has 0 aromatic rings. The fourth-order valence-electron chi connectivity index (χ4n) is 4.86. The average molecular weight is 238 g/mol. The Kier molecular flexibility index (Phi) is 2.20. The van der Waals surface area contributed by atoms with Crippen molar-refractivity contribution in [3.05, 3.63) is 0 Å². The van der Waals surface area contributed by atoms with Crippen molar-refractivity contribution >= 4 is 5.97 Å². The fourth-order valence-corrected chi connectivity index (χ4v) is 4.86. The van der Waals surface area contributed by atoms with Gasteiger partial charge in [0.15, 0.2) is 0 Å². The third kappa shape index (κ3) is 1.19. The molecule has 0 saturated carbocycles. The zero-order chi connectivity index (χ0) is 12.5. The van der Waals surface area contributed by atoms with Gasteiger partial charge in [-0.15, -0.1) is 0 Å². The van der Waals surface area contributed by atoms with E-state index in [0.717, 1.165) is 0 Å². The second-order valence-electron chi connectivity index (χ2n) is 6.73. The molecule has 0 aliphatic carbocycles. The van der Waals surface area contributed by atoms with Crippen molar-refractivity contribution in [1.82, 2.24) is 0 Å². The molecule has 17 heavy (non-hydrogen) atoms. The molecule has 0 N–H and O–H groups in total.